The molecular weight excluding hydrogens is 284 g/mol. The number of rotatable bonds is 9. The standard InChI is InChI=1S/C15H26N4O3/c1-11-15(22)13(20)5-8-19(11)9-6-14(21)18-7-3-2-4-12(17)10-16/h5,8,12,22H,2-4,6-7,9-10,16-17H2,1H3,(H,18,21). The Kier molecular flexibility index (Phi) is 7.62. The minimum absolute atomic E-state index is 0.0340. The first-order chi connectivity index (χ1) is 10.5. The van der Waals surface area contributed by atoms with Gasteiger partial charge < -0.3 is 26.5 Å². The Morgan fingerprint density at radius 2 is 2.18 bits per heavy atom. The van der Waals surface area contributed by atoms with Crippen molar-refractivity contribution in [3.05, 3.63) is 28.2 Å². The smallest absolute Gasteiger partial charge is 0.223 e. The van der Waals surface area contributed by atoms with Crippen molar-refractivity contribution in [2.75, 3.05) is 13.1 Å². The third-order valence-electron chi connectivity index (χ3n) is 3.62. The molecule has 0 fully saturated rings. The predicted molar refractivity (Wildman–Crippen MR) is 85.6 cm³/mol. The van der Waals surface area contributed by atoms with Gasteiger partial charge in [0.25, 0.3) is 0 Å². The molecule has 0 aliphatic carbocycles. The first kappa shape index (κ1) is 18.2. The molecule has 0 spiro atoms. The lowest BCUT2D eigenvalue weighted by Gasteiger charge is -2.12. The molecule has 1 amide bonds. The first-order valence-corrected chi connectivity index (χ1v) is 7.57. The molecule has 1 aromatic heterocycles. The normalized spacial score (nSPS) is 12.1. The molecule has 0 aromatic carbocycles. The van der Waals surface area contributed by atoms with Crippen molar-refractivity contribution in [3.63, 3.8) is 0 Å². The zero-order chi connectivity index (χ0) is 16.5. The SMILES string of the molecule is Cc1c(O)c(=O)ccn1CCC(=O)NCCCCC(N)CN. The maximum atomic E-state index is 11.7. The van der Waals surface area contributed by atoms with Crippen molar-refractivity contribution in [1.82, 2.24) is 9.88 Å². The summed E-state index contributed by atoms with van der Waals surface area (Å²) in [5, 5.41) is 12.4. The van der Waals surface area contributed by atoms with Crippen molar-refractivity contribution in [1.29, 1.82) is 0 Å². The minimum atomic E-state index is -0.408. The monoisotopic (exact) mass is 310 g/mol. The molecule has 7 nitrogen and oxygen atoms in total. The zero-order valence-corrected chi connectivity index (χ0v) is 13.0. The van der Waals surface area contributed by atoms with Crippen molar-refractivity contribution >= 4 is 5.91 Å². The van der Waals surface area contributed by atoms with Gasteiger partial charge in [0.2, 0.25) is 11.3 Å². The summed E-state index contributed by atoms with van der Waals surface area (Å²) >= 11 is 0. The van der Waals surface area contributed by atoms with Crippen molar-refractivity contribution in [3.8, 4) is 5.75 Å². The van der Waals surface area contributed by atoms with Gasteiger partial charge in [-0.1, -0.05) is 6.42 Å². The molecule has 0 aliphatic heterocycles. The number of aromatic hydroxyl groups is 1. The largest absolute Gasteiger partial charge is 0.503 e. The molecule has 6 N–H and O–H groups in total. The van der Waals surface area contributed by atoms with Crippen LogP contribution in [0.15, 0.2) is 17.1 Å². The maximum absolute atomic E-state index is 11.7. The van der Waals surface area contributed by atoms with E-state index in [4.69, 9.17) is 11.5 Å². The Hall–Kier alpha value is -1.86. The summed E-state index contributed by atoms with van der Waals surface area (Å²) in [4.78, 5) is 23.0. The van der Waals surface area contributed by atoms with E-state index in [1.165, 1.54) is 6.07 Å². The van der Waals surface area contributed by atoms with Gasteiger partial charge in [-0.3, -0.25) is 9.59 Å². The number of hydrogen-bond acceptors (Lipinski definition) is 5. The van der Waals surface area contributed by atoms with E-state index in [0.29, 0.717) is 31.7 Å². The Morgan fingerprint density at radius 3 is 2.86 bits per heavy atom. The predicted octanol–water partition coefficient (Wildman–Crippen LogP) is -0.175. The summed E-state index contributed by atoms with van der Waals surface area (Å²) in [6, 6.07) is 1.33. The van der Waals surface area contributed by atoms with Gasteiger partial charge in [-0.25, -0.2) is 0 Å². The van der Waals surface area contributed by atoms with Gasteiger partial charge in [0, 0.05) is 44.4 Å². The van der Waals surface area contributed by atoms with E-state index in [1.807, 2.05) is 0 Å². The van der Waals surface area contributed by atoms with Gasteiger partial charge in [-0.05, 0) is 19.8 Å². The number of nitrogens with two attached hydrogens (primary N) is 2. The van der Waals surface area contributed by atoms with Crippen LogP contribution in [0, 0.1) is 6.92 Å². The van der Waals surface area contributed by atoms with Crippen molar-refractivity contribution in [2.24, 2.45) is 11.5 Å². The lowest BCUT2D eigenvalue weighted by Crippen LogP contribution is -2.30. The highest BCUT2D eigenvalue weighted by Gasteiger charge is 2.07. The maximum Gasteiger partial charge on any atom is 0.223 e. The van der Waals surface area contributed by atoms with Crippen molar-refractivity contribution < 1.29 is 9.90 Å². The molecule has 1 atom stereocenters. The van der Waals surface area contributed by atoms with Crippen LogP contribution >= 0.6 is 0 Å². The molecular formula is C15H26N4O3. The van der Waals surface area contributed by atoms with E-state index in [2.05, 4.69) is 5.32 Å². The average molecular weight is 310 g/mol. The van der Waals surface area contributed by atoms with Gasteiger partial charge in [0.05, 0.1) is 5.69 Å². The summed E-state index contributed by atoms with van der Waals surface area (Å²) in [5.41, 5.74) is 11.2. The Bertz CT molecular complexity index is 542. The van der Waals surface area contributed by atoms with Gasteiger partial charge in [0.15, 0.2) is 5.75 Å². The Balaban J connectivity index is 2.26. The number of carbonyl (C=O) groups excluding carboxylic acids is 1. The molecule has 22 heavy (non-hydrogen) atoms. The Morgan fingerprint density at radius 1 is 1.45 bits per heavy atom. The molecule has 0 saturated carbocycles. The number of nitrogens with one attached hydrogen (secondary N) is 1. The first-order valence-electron chi connectivity index (χ1n) is 7.57. The van der Waals surface area contributed by atoms with Gasteiger partial charge in [-0.2, -0.15) is 0 Å². The fourth-order valence-corrected chi connectivity index (χ4v) is 2.09. The third-order valence-corrected chi connectivity index (χ3v) is 3.62. The molecule has 7 heteroatoms. The minimum Gasteiger partial charge on any atom is -0.503 e. The number of pyridine rings is 1. The fraction of sp³-hybridized carbons (Fsp3) is 0.600. The second-order valence-corrected chi connectivity index (χ2v) is 5.40. The second kappa shape index (κ2) is 9.22. The molecule has 0 bridgehead atoms. The molecule has 1 unspecified atom stereocenters. The molecule has 0 radical (unpaired) electrons. The van der Waals surface area contributed by atoms with E-state index in [0.717, 1.165) is 19.3 Å². The van der Waals surface area contributed by atoms with Crippen LogP contribution in [-0.4, -0.2) is 34.7 Å². The van der Waals surface area contributed by atoms with E-state index in [9.17, 15) is 14.7 Å². The number of aryl methyl sites for hydroxylation is 1. The van der Waals surface area contributed by atoms with E-state index in [1.54, 1.807) is 17.7 Å². The van der Waals surface area contributed by atoms with E-state index < -0.39 is 5.43 Å². The Labute approximate surface area is 130 Å². The number of nitrogens with zero attached hydrogens (tertiary/aromatic N) is 1. The number of unbranched alkanes of at least 4 members (excludes halogenated alkanes) is 1. The second-order valence-electron chi connectivity index (χ2n) is 5.40. The molecule has 1 rings (SSSR count). The summed E-state index contributed by atoms with van der Waals surface area (Å²) in [6.07, 6.45) is 4.55. The molecule has 124 valence electrons. The van der Waals surface area contributed by atoms with E-state index in [-0.39, 0.29) is 17.7 Å². The molecule has 1 aromatic rings. The zero-order valence-electron chi connectivity index (χ0n) is 13.0. The van der Waals surface area contributed by atoms with Gasteiger partial charge >= 0.3 is 0 Å². The van der Waals surface area contributed by atoms with E-state index >= 15 is 0 Å². The fourth-order valence-electron chi connectivity index (χ4n) is 2.09. The third kappa shape index (κ3) is 5.87. The van der Waals surface area contributed by atoms with Crippen molar-refractivity contribution in [2.45, 2.75) is 45.2 Å². The lowest BCUT2D eigenvalue weighted by molar-refractivity contribution is -0.121. The number of hydrogen-bond donors (Lipinski definition) is 4. The van der Waals surface area contributed by atoms with Crippen LogP contribution in [0.25, 0.3) is 0 Å². The number of aromatic nitrogens is 1. The molecule has 0 saturated heterocycles. The van der Waals surface area contributed by atoms with Crippen LogP contribution in [0.1, 0.15) is 31.4 Å². The summed E-state index contributed by atoms with van der Waals surface area (Å²) in [5.74, 6) is -0.320. The molecule has 0 aliphatic rings. The number of carbonyl (C=O) groups is 1. The highest BCUT2D eigenvalue weighted by Crippen LogP contribution is 2.09. The van der Waals surface area contributed by atoms with Crippen LogP contribution in [0.2, 0.25) is 0 Å². The topological polar surface area (TPSA) is 123 Å². The summed E-state index contributed by atoms with van der Waals surface area (Å²) < 4.78 is 1.69. The van der Waals surface area contributed by atoms with Gasteiger partial charge in [0.1, 0.15) is 0 Å². The van der Waals surface area contributed by atoms with Crippen LogP contribution in [0.5, 0.6) is 5.75 Å². The number of amides is 1. The highest BCUT2D eigenvalue weighted by atomic mass is 16.3. The van der Waals surface area contributed by atoms with Crippen LogP contribution in [-0.2, 0) is 11.3 Å². The lowest BCUT2D eigenvalue weighted by atomic mass is 10.1. The van der Waals surface area contributed by atoms with Gasteiger partial charge in [-0.15, -0.1) is 0 Å². The molecule has 1 heterocycles. The van der Waals surface area contributed by atoms with Crippen LogP contribution in [0.4, 0.5) is 0 Å². The van der Waals surface area contributed by atoms with Crippen LogP contribution in [0.3, 0.4) is 0 Å². The van der Waals surface area contributed by atoms with Crippen LogP contribution < -0.4 is 22.2 Å². The highest BCUT2D eigenvalue weighted by molar-refractivity contribution is 5.75. The quantitative estimate of drug-likeness (QED) is 0.471. The average Bonchev–Trinajstić information content (AvgIpc) is 2.51. The summed E-state index contributed by atoms with van der Waals surface area (Å²) in [7, 11) is 0. The summed E-state index contributed by atoms with van der Waals surface area (Å²) in [6.45, 7) is 3.17.